The number of pyridine rings is 1. The van der Waals surface area contributed by atoms with Crippen LogP contribution in [0.4, 0.5) is 17.6 Å². The summed E-state index contributed by atoms with van der Waals surface area (Å²) in [6.07, 6.45) is 1.79. The molecular formula is C22H22F4N4O3S. The molecule has 2 unspecified atom stereocenters. The lowest BCUT2D eigenvalue weighted by Gasteiger charge is -2.26. The summed E-state index contributed by atoms with van der Waals surface area (Å²) >= 11 is 0. The van der Waals surface area contributed by atoms with Crippen LogP contribution < -0.4 is 0 Å². The first-order valence-electron chi connectivity index (χ1n) is 10.4. The summed E-state index contributed by atoms with van der Waals surface area (Å²) in [5.41, 5.74) is -1.53. The van der Waals surface area contributed by atoms with Gasteiger partial charge < -0.3 is 9.74 Å². The number of rotatable bonds is 5. The van der Waals surface area contributed by atoms with Crippen LogP contribution in [0.15, 0.2) is 40.0 Å². The Bertz CT molecular complexity index is 1250. The molecule has 4 rings (SSSR count). The van der Waals surface area contributed by atoms with E-state index in [-0.39, 0.29) is 42.2 Å². The molecule has 34 heavy (non-hydrogen) atoms. The lowest BCUT2D eigenvalue weighted by Crippen LogP contribution is -2.35. The van der Waals surface area contributed by atoms with Crippen molar-refractivity contribution in [3.8, 4) is 11.1 Å². The second-order valence-electron chi connectivity index (χ2n) is 8.48. The van der Waals surface area contributed by atoms with Gasteiger partial charge in [-0.3, -0.25) is 4.98 Å². The van der Waals surface area contributed by atoms with Gasteiger partial charge >= 0.3 is 0 Å². The van der Waals surface area contributed by atoms with Gasteiger partial charge in [-0.15, -0.1) is 0 Å². The third kappa shape index (κ3) is 4.63. The molecule has 2 aliphatic rings. The van der Waals surface area contributed by atoms with Crippen molar-refractivity contribution in [2.45, 2.75) is 25.1 Å². The molecule has 12 heteroatoms. The third-order valence-corrected chi connectivity index (χ3v) is 6.28. The highest BCUT2D eigenvalue weighted by Gasteiger charge is 2.48. The number of aryl methyl sites for hydroxylation is 1. The Morgan fingerprint density at radius 1 is 1.29 bits per heavy atom. The Hall–Kier alpha value is -3.02. The zero-order chi connectivity index (χ0) is 24.7. The van der Waals surface area contributed by atoms with E-state index in [4.69, 9.17) is 4.84 Å². The number of oxime groups is 1. The van der Waals surface area contributed by atoms with Crippen molar-refractivity contribution in [2.24, 2.45) is 15.5 Å². The molecule has 0 N–H and O–H groups in total. The molecule has 0 aliphatic carbocycles. The fourth-order valence-corrected chi connectivity index (χ4v) is 4.48. The van der Waals surface area contributed by atoms with E-state index in [0.29, 0.717) is 5.56 Å². The average Bonchev–Trinajstić information content (AvgIpc) is 3.36. The van der Waals surface area contributed by atoms with Gasteiger partial charge in [0.1, 0.15) is 30.3 Å². The summed E-state index contributed by atoms with van der Waals surface area (Å²) in [5, 5.41) is 3.94. The molecule has 3 heterocycles. The van der Waals surface area contributed by atoms with E-state index in [2.05, 4.69) is 14.5 Å². The van der Waals surface area contributed by atoms with E-state index in [1.54, 1.807) is 6.92 Å². The SMILES string of the molecule is Cc1cnc(C2(CF)CC(N3CC(C=NS(C)(=O)=O)[C@@H](F)C3)=NO2)c(-c2c(F)cccc2F)c1. The van der Waals surface area contributed by atoms with Gasteiger partial charge in [0.15, 0.2) is 0 Å². The summed E-state index contributed by atoms with van der Waals surface area (Å²) in [7, 11) is -3.66. The smallest absolute Gasteiger partial charge is 0.249 e. The Morgan fingerprint density at radius 2 is 2.00 bits per heavy atom. The predicted octanol–water partition coefficient (Wildman–Crippen LogP) is 3.53. The molecule has 182 valence electrons. The van der Waals surface area contributed by atoms with Crippen LogP contribution in [0.5, 0.6) is 0 Å². The zero-order valence-electron chi connectivity index (χ0n) is 18.4. The molecule has 0 saturated carbocycles. The molecule has 7 nitrogen and oxygen atoms in total. The minimum absolute atomic E-state index is 0.0328. The molecule has 2 aromatic rings. The van der Waals surface area contributed by atoms with Gasteiger partial charge in [-0.05, 0) is 30.7 Å². The van der Waals surface area contributed by atoms with Gasteiger partial charge in [0, 0.05) is 30.4 Å². The number of nitrogens with zero attached hydrogens (tertiary/aromatic N) is 4. The van der Waals surface area contributed by atoms with Crippen molar-refractivity contribution in [3.63, 3.8) is 0 Å². The van der Waals surface area contributed by atoms with Crippen LogP contribution in [0.3, 0.4) is 0 Å². The van der Waals surface area contributed by atoms with E-state index >= 15 is 0 Å². The van der Waals surface area contributed by atoms with Crippen LogP contribution in [0.1, 0.15) is 17.7 Å². The van der Waals surface area contributed by atoms with Gasteiger partial charge in [-0.25, -0.2) is 26.0 Å². The third-order valence-electron chi connectivity index (χ3n) is 5.77. The van der Waals surface area contributed by atoms with Crippen LogP contribution >= 0.6 is 0 Å². The molecule has 2 aliphatic heterocycles. The number of likely N-dealkylation sites (tertiary alicyclic amines) is 1. The number of hydrogen-bond donors (Lipinski definition) is 0. The summed E-state index contributed by atoms with van der Waals surface area (Å²) in [4.78, 5) is 11.2. The van der Waals surface area contributed by atoms with E-state index in [0.717, 1.165) is 24.6 Å². The Kier molecular flexibility index (Phi) is 6.36. The van der Waals surface area contributed by atoms with Gasteiger partial charge in [-0.2, -0.15) is 4.40 Å². The maximum Gasteiger partial charge on any atom is 0.249 e. The van der Waals surface area contributed by atoms with Gasteiger partial charge in [0.2, 0.25) is 15.6 Å². The molecule has 0 radical (unpaired) electrons. The first kappa shape index (κ1) is 24.1. The quantitative estimate of drug-likeness (QED) is 0.465. The number of aromatic nitrogens is 1. The molecule has 0 spiro atoms. The van der Waals surface area contributed by atoms with Crippen molar-refractivity contribution in [1.82, 2.24) is 9.88 Å². The summed E-state index contributed by atoms with van der Waals surface area (Å²) in [5.74, 6) is -2.26. The highest BCUT2D eigenvalue weighted by Crippen LogP contribution is 2.42. The summed E-state index contributed by atoms with van der Waals surface area (Å²) in [6, 6.07) is 4.90. The largest absolute Gasteiger partial charge is 0.378 e. The fourth-order valence-electron chi connectivity index (χ4n) is 4.10. The number of hydrogen-bond acceptors (Lipinski definition) is 6. The molecular weight excluding hydrogens is 476 g/mol. The van der Waals surface area contributed by atoms with Crippen molar-refractivity contribution in [1.29, 1.82) is 0 Å². The van der Waals surface area contributed by atoms with Crippen molar-refractivity contribution < 1.29 is 30.8 Å². The van der Waals surface area contributed by atoms with Crippen LogP contribution in [-0.4, -0.2) is 62.5 Å². The molecule has 1 fully saturated rings. The van der Waals surface area contributed by atoms with Crippen molar-refractivity contribution in [2.75, 3.05) is 26.0 Å². The highest BCUT2D eigenvalue weighted by molar-refractivity contribution is 7.89. The number of sulfonamides is 1. The van der Waals surface area contributed by atoms with Crippen LogP contribution in [0.2, 0.25) is 0 Å². The standard InChI is InChI=1S/C22H22F4N4O3S/c1-13-6-15(20-16(24)4-3-5-17(20)25)21(27-8-13)22(12-23)7-19(29-33-22)30-10-14(18(26)11-30)9-28-34(2,31)32/h3-6,8-9,14,18H,7,10-12H2,1-2H3/t14?,18-,22?/m0/s1. The molecule has 1 aromatic heterocycles. The zero-order valence-corrected chi connectivity index (χ0v) is 19.2. The monoisotopic (exact) mass is 498 g/mol. The number of benzene rings is 1. The lowest BCUT2D eigenvalue weighted by molar-refractivity contribution is -0.0435. The maximum atomic E-state index is 14.6. The van der Waals surface area contributed by atoms with Crippen molar-refractivity contribution in [3.05, 3.63) is 53.4 Å². The van der Waals surface area contributed by atoms with E-state index in [1.165, 1.54) is 23.2 Å². The Labute approximate surface area is 194 Å². The molecule has 1 saturated heterocycles. The Balaban J connectivity index is 1.65. The second-order valence-corrected chi connectivity index (χ2v) is 10.2. The number of amidine groups is 1. The fraction of sp³-hybridized carbons (Fsp3) is 0.409. The predicted molar refractivity (Wildman–Crippen MR) is 118 cm³/mol. The highest BCUT2D eigenvalue weighted by atomic mass is 32.2. The first-order chi connectivity index (χ1) is 16.0. The molecule has 3 atom stereocenters. The van der Waals surface area contributed by atoms with Crippen LogP contribution in [0.25, 0.3) is 11.1 Å². The topological polar surface area (TPSA) is 84.2 Å². The molecule has 1 aromatic carbocycles. The van der Waals surface area contributed by atoms with Gasteiger partial charge in [-0.1, -0.05) is 11.2 Å². The van der Waals surface area contributed by atoms with Gasteiger partial charge in [0.05, 0.1) is 30.5 Å². The molecule has 0 amide bonds. The minimum Gasteiger partial charge on any atom is -0.378 e. The van der Waals surface area contributed by atoms with E-state index in [9.17, 15) is 26.0 Å². The number of alkyl halides is 2. The minimum atomic E-state index is -3.66. The lowest BCUT2D eigenvalue weighted by atomic mass is 9.88. The molecule has 0 bridgehead atoms. The average molecular weight is 499 g/mol. The van der Waals surface area contributed by atoms with Gasteiger partial charge in [0.25, 0.3) is 0 Å². The summed E-state index contributed by atoms with van der Waals surface area (Å²) < 4.78 is 84.1. The Morgan fingerprint density at radius 3 is 2.65 bits per heavy atom. The number of halogens is 4. The van der Waals surface area contributed by atoms with E-state index < -0.39 is 46.0 Å². The van der Waals surface area contributed by atoms with E-state index in [1.807, 2.05) is 0 Å². The van der Waals surface area contributed by atoms with Crippen LogP contribution in [0, 0.1) is 24.5 Å². The van der Waals surface area contributed by atoms with Crippen LogP contribution in [-0.2, 0) is 20.5 Å². The maximum absolute atomic E-state index is 14.6. The second kappa shape index (κ2) is 8.97. The normalized spacial score (nSPS) is 25.1. The van der Waals surface area contributed by atoms with Crippen molar-refractivity contribution >= 4 is 22.1 Å². The first-order valence-corrected chi connectivity index (χ1v) is 12.2. The summed E-state index contributed by atoms with van der Waals surface area (Å²) in [6.45, 7) is 0.509.